The maximum absolute atomic E-state index is 13.6. The van der Waals surface area contributed by atoms with E-state index in [0.29, 0.717) is 19.3 Å². The van der Waals surface area contributed by atoms with Gasteiger partial charge in [0.1, 0.15) is 0 Å². The summed E-state index contributed by atoms with van der Waals surface area (Å²) >= 11 is 0. The van der Waals surface area contributed by atoms with Gasteiger partial charge in [0, 0.05) is 12.8 Å². The summed E-state index contributed by atoms with van der Waals surface area (Å²) in [5, 5.41) is 0. The van der Waals surface area contributed by atoms with Gasteiger partial charge in [0.2, 0.25) is 0 Å². The third kappa shape index (κ3) is 2.40. The molecule has 1 aliphatic rings. The van der Waals surface area contributed by atoms with Gasteiger partial charge in [0.15, 0.2) is 0 Å². The molecular formula is C11H16F6. The summed E-state index contributed by atoms with van der Waals surface area (Å²) in [6.45, 7) is 1.26. The van der Waals surface area contributed by atoms with Crippen molar-refractivity contribution in [3.63, 3.8) is 0 Å². The second-order valence-corrected chi connectivity index (χ2v) is 4.95. The van der Waals surface area contributed by atoms with Gasteiger partial charge in [-0.2, -0.15) is 26.3 Å². The molecule has 1 fully saturated rings. The van der Waals surface area contributed by atoms with Gasteiger partial charge in [-0.05, 0) is 12.3 Å². The molecule has 0 amide bonds. The highest BCUT2D eigenvalue weighted by Crippen LogP contribution is 2.53. The fraction of sp³-hybridized carbons (Fsp3) is 1.00. The van der Waals surface area contributed by atoms with Crippen molar-refractivity contribution in [2.75, 3.05) is 0 Å². The first-order chi connectivity index (χ1) is 7.52. The monoisotopic (exact) mass is 262 g/mol. The van der Waals surface area contributed by atoms with E-state index in [0.717, 1.165) is 0 Å². The largest absolute Gasteiger partial charge is 0.371 e. The highest BCUT2D eigenvalue weighted by atomic mass is 19.3. The molecule has 0 nitrogen and oxygen atoms in total. The van der Waals surface area contributed by atoms with Crippen molar-refractivity contribution in [3.05, 3.63) is 0 Å². The minimum absolute atomic E-state index is 0.125. The lowest BCUT2D eigenvalue weighted by atomic mass is 9.74. The molecule has 0 saturated heterocycles. The standard InChI is InChI=1S/C11H16F6/c1-7-5-3-4-6-8(7)10(14,15)11(16,17)9(2,12)13/h7-8H,3-6H2,1-2H3. The van der Waals surface area contributed by atoms with Crippen molar-refractivity contribution in [2.45, 2.75) is 57.3 Å². The van der Waals surface area contributed by atoms with E-state index >= 15 is 0 Å². The Balaban J connectivity index is 3.00. The molecule has 0 heterocycles. The van der Waals surface area contributed by atoms with Crippen LogP contribution >= 0.6 is 0 Å². The Hall–Kier alpha value is -0.420. The van der Waals surface area contributed by atoms with Crippen LogP contribution in [0.1, 0.15) is 39.5 Å². The van der Waals surface area contributed by atoms with E-state index in [2.05, 4.69) is 0 Å². The van der Waals surface area contributed by atoms with E-state index < -0.39 is 29.6 Å². The van der Waals surface area contributed by atoms with Crippen LogP contribution in [0.25, 0.3) is 0 Å². The SMILES string of the molecule is CC1CCCCC1C(F)(F)C(F)(F)C(C)(F)F. The number of hydrogen-bond acceptors (Lipinski definition) is 0. The summed E-state index contributed by atoms with van der Waals surface area (Å²) in [6, 6.07) is 0. The van der Waals surface area contributed by atoms with Crippen LogP contribution in [-0.4, -0.2) is 17.8 Å². The highest BCUT2D eigenvalue weighted by molar-refractivity contribution is 4.99. The minimum atomic E-state index is -5.30. The Labute approximate surface area is 96.4 Å². The summed E-state index contributed by atoms with van der Waals surface area (Å²) in [6.07, 6.45) is 1.32. The van der Waals surface area contributed by atoms with E-state index in [1.54, 1.807) is 0 Å². The predicted octanol–water partition coefficient (Wildman–Crippen LogP) is 4.74. The van der Waals surface area contributed by atoms with E-state index in [1.165, 1.54) is 6.92 Å². The van der Waals surface area contributed by atoms with Crippen molar-refractivity contribution >= 4 is 0 Å². The van der Waals surface area contributed by atoms with Gasteiger partial charge in [-0.25, -0.2) is 0 Å². The molecule has 0 aliphatic heterocycles. The minimum Gasteiger partial charge on any atom is -0.200 e. The van der Waals surface area contributed by atoms with Gasteiger partial charge in [-0.1, -0.05) is 26.2 Å². The molecule has 0 aromatic heterocycles. The maximum atomic E-state index is 13.6. The van der Waals surface area contributed by atoms with Gasteiger partial charge in [0.05, 0.1) is 0 Å². The molecule has 2 unspecified atom stereocenters. The quantitative estimate of drug-likeness (QED) is 0.644. The summed E-state index contributed by atoms with van der Waals surface area (Å²) in [5.41, 5.74) is 0. The van der Waals surface area contributed by atoms with Crippen LogP contribution in [0.4, 0.5) is 26.3 Å². The summed E-state index contributed by atoms with van der Waals surface area (Å²) < 4.78 is 78.8. The molecule has 0 aromatic rings. The van der Waals surface area contributed by atoms with Crippen molar-refractivity contribution in [2.24, 2.45) is 11.8 Å². The van der Waals surface area contributed by atoms with Crippen LogP contribution in [0.15, 0.2) is 0 Å². The van der Waals surface area contributed by atoms with Crippen LogP contribution < -0.4 is 0 Å². The molecule has 1 saturated carbocycles. The van der Waals surface area contributed by atoms with Crippen molar-refractivity contribution in [3.8, 4) is 0 Å². The number of rotatable bonds is 3. The zero-order valence-corrected chi connectivity index (χ0v) is 9.75. The van der Waals surface area contributed by atoms with E-state index in [4.69, 9.17) is 0 Å². The molecule has 0 bridgehead atoms. The zero-order valence-electron chi connectivity index (χ0n) is 9.75. The highest BCUT2D eigenvalue weighted by Gasteiger charge is 2.72. The van der Waals surface area contributed by atoms with E-state index in [1.807, 2.05) is 0 Å². The molecule has 0 spiro atoms. The van der Waals surface area contributed by atoms with E-state index in [9.17, 15) is 26.3 Å². The molecule has 0 radical (unpaired) electrons. The first-order valence-corrected chi connectivity index (χ1v) is 5.65. The molecule has 1 aliphatic carbocycles. The normalized spacial score (nSPS) is 28.2. The fourth-order valence-electron chi connectivity index (χ4n) is 2.38. The van der Waals surface area contributed by atoms with E-state index in [-0.39, 0.29) is 13.3 Å². The Bertz CT molecular complexity index is 268. The van der Waals surface area contributed by atoms with Crippen LogP contribution in [0, 0.1) is 11.8 Å². The first kappa shape index (κ1) is 14.6. The van der Waals surface area contributed by atoms with Gasteiger partial charge in [-0.3, -0.25) is 0 Å². The van der Waals surface area contributed by atoms with Crippen LogP contribution in [-0.2, 0) is 0 Å². The van der Waals surface area contributed by atoms with Crippen LogP contribution in [0.2, 0.25) is 0 Å². The topological polar surface area (TPSA) is 0 Å². The Morgan fingerprint density at radius 2 is 1.35 bits per heavy atom. The molecule has 2 atom stereocenters. The molecule has 1 rings (SSSR count). The van der Waals surface area contributed by atoms with Crippen molar-refractivity contribution in [1.29, 1.82) is 0 Å². The van der Waals surface area contributed by atoms with Gasteiger partial charge in [0.25, 0.3) is 0 Å². The third-order valence-corrected chi connectivity index (χ3v) is 3.55. The van der Waals surface area contributed by atoms with Crippen LogP contribution in [0.3, 0.4) is 0 Å². The molecule has 6 heteroatoms. The molecule has 102 valence electrons. The lowest BCUT2D eigenvalue weighted by Crippen LogP contribution is -2.57. The molecular weight excluding hydrogens is 246 g/mol. The summed E-state index contributed by atoms with van der Waals surface area (Å²) in [7, 11) is 0. The number of hydrogen-bond donors (Lipinski definition) is 0. The van der Waals surface area contributed by atoms with Crippen molar-refractivity contribution in [1.82, 2.24) is 0 Å². The third-order valence-electron chi connectivity index (χ3n) is 3.55. The lowest BCUT2D eigenvalue weighted by molar-refractivity contribution is -0.325. The predicted molar refractivity (Wildman–Crippen MR) is 51.6 cm³/mol. The molecule has 0 N–H and O–H groups in total. The second-order valence-electron chi connectivity index (χ2n) is 4.95. The lowest BCUT2D eigenvalue weighted by Gasteiger charge is -2.40. The Kier molecular flexibility index (Phi) is 3.75. The van der Waals surface area contributed by atoms with Crippen LogP contribution in [0.5, 0.6) is 0 Å². The summed E-state index contributed by atoms with van der Waals surface area (Å²) in [4.78, 5) is 0. The van der Waals surface area contributed by atoms with Gasteiger partial charge < -0.3 is 0 Å². The number of halogens is 6. The number of alkyl halides is 6. The molecule has 0 aromatic carbocycles. The average molecular weight is 262 g/mol. The fourth-order valence-corrected chi connectivity index (χ4v) is 2.38. The second kappa shape index (κ2) is 4.35. The smallest absolute Gasteiger partial charge is 0.200 e. The van der Waals surface area contributed by atoms with Gasteiger partial charge >= 0.3 is 17.8 Å². The average Bonchev–Trinajstić information content (AvgIpc) is 2.16. The first-order valence-electron chi connectivity index (χ1n) is 5.65. The maximum Gasteiger partial charge on any atom is 0.371 e. The van der Waals surface area contributed by atoms with Crippen molar-refractivity contribution < 1.29 is 26.3 Å². The Morgan fingerprint density at radius 1 is 0.882 bits per heavy atom. The molecule has 17 heavy (non-hydrogen) atoms. The van der Waals surface area contributed by atoms with Gasteiger partial charge in [-0.15, -0.1) is 0 Å². The zero-order chi connectivity index (χ0) is 13.5. The Morgan fingerprint density at radius 3 is 1.76 bits per heavy atom. The summed E-state index contributed by atoms with van der Waals surface area (Å²) in [5.74, 6) is -17.0.